The minimum Gasteiger partial charge on any atom is -0.379 e. The third kappa shape index (κ3) is 4.76. The lowest BCUT2D eigenvalue weighted by atomic mass is 10.4. The molecule has 0 saturated heterocycles. The molecule has 1 N–H and O–H groups in total. The summed E-state index contributed by atoms with van der Waals surface area (Å²) >= 11 is 1.67. The second-order valence-electron chi connectivity index (χ2n) is 5.20. The van der Waals surface area contributed by atoms with E-state index >= 15 is 0 Å². The molecule has 1 aromatic heterocycles. The zero-order chi connectivity index (χ0) is 14.4. The molecule has 0 bridgehead atoms. The third-order valence-electron chi connectivity index (χ3n) is 3.45. The van der Waals surface area contributed by atoms with Crippen molar-refractivity contribution in [3.8, 4) is 0 Å². The van der Waals surface area contributed by atoms with Crippen LogP contribution in [0.2, 0.25) is 0 Å². The fourth-order valence-electron chi connectivity index (χ4n) is 1.88. The zero-order valence-corrected chi connectivity index (χ0v) is 13.4. The molecule has 1 aliphatic rings. The standard InChI is InChI=1S/C14H24N4OS/c1-11-13(20-10-17-11)8-16-14(15-2)18(3)6-7-19-9-12-4-5-12/h10,12H,4-9H2,1-3H3,(H,15,16). The largest absolute Gasteiger partial charge is 0.379 e. The van der Waals surface area contributed by atoms with E-state index in [0.717, 1.165) is 43.9 Å². The van der Waals surface area contributed by atoms with E-state index < -0.39 is 0 Å². The Balaban J connectivity index is 1.68. The SMILES string of the molecule is CN=C(NCc1scnc1C)N(C)CCOCC1CC1. The molecule has 0 atom stereocenters. The van der Waals surface area contributed by atoms with Crippen LogP contribution in [0.15, 0.2) is 10.5 Å². The second kappa shape index (κ2) is 7.59. The Kier molecular flexibility index (Phi) is 5.79. The lowest BCUT2D eigenvalue weighted by Crippen LogP contribution is -2.40. The molecule has 112 valence electrons. The van der Waals surface area contributed by atoms with Gasteiger partial charge in [0.25, 0.3) is 0 Å². The molecule has 6 heteroatoms. The highest BCUT2D eigenvalue weighted by Crippen LogP contribution is 2.28. The van der Waals surface area contributed by atoms with E-state index in [4.69, 9.17) is 4.74 Å². The van der Waals surface area contributed by atoms with Gasteiger partial charge in [-0.25, -0.2) is 4.98 Å². The summed E-state index contributed by atoms with van der Waals surface area (Å²) in [5.41, 5.74) is 2.97. The maximum absolute atomic E-state index is 5.66. The fraction of sp³-hybridized carbons (Fsp3) is 0.714. The molecule has 5 nitrogen and oxygen atoms in total. The number of aliphatic imine (C=N–C) groups is 1. The Morgan fingerprint density at radius 3 is 3.00 bits per heavy atom. The van der Waals surface area contributed by atoms with Crippen molar-refractivity contribution >= 4 is 17.3 Å². The Morgan fingerprint density at radius 1 is 1.60 bits per heavy atom. The van der Waals surface area contributed by atoms with Crippen molar-refractivity contribution in [1.82, 2.24) is 15.2 Å². The number of guanidine groups is 1. The van der Waals surface area contributed by atoms with Gasteiger partial charge in [0.1, 0.15) is 0 Å². The number of likely N-dealkylation sites (N-methyl/N-ethyl adjacent to an activating group) is 1. The highest BCUT2D eigenvalue weighted by molar-refractivity contribution is 7.09. The highest BCUT2D eigenvalue weighted by atomic mass is 32.1. The molecule has 0 spiro atoms. The van der Waals surface area contributed by atoms with E-state index in [-0.39, 0.29) is 0 Å². The maximum atomic E-state index is 5.66. The topological polar surface area (TPSA) is 49.8 Å². The van der Waals surface area contributed by atoms with Crippen molar-refractivity contribution in [2.24, 2.45) is 10.9 Å². The lowest BCUT2D eigenvalue weighted by Gasteiger charge is -2.21. The molecule has 0 amide bonds. The molecule has 2 rings (SSSR count). The molecule has 0 aliphatic heterocycles. The van der Waals surface area contributed by atoms with Crippen LogP contribution in [0.5, 0.6) is 0 Å². The van der Waals surface area contributed by atoms with Crippen molar-refractivity contribution in [2.45, 2.75) is 26.3 Å². The van der Waals surface area contributed by atoms with Crippen molar-refractivity contribution < 1.29 is 4.74 Å². The monoisotopic (exact) mass is 296 g/mol. The summed E-state index contributed by atoms with van der Waals surface area (Å²) in [5.74, 6) is 1.72. The Labute approximate surface area is 125 Å². The van der Waals surface area contributed by atoms with Crippen LogP contribution >= 0.6 is 11.3 Å². The maximum Gasteiger partial charge on any atom is 0.193 e. The van der Waals surface area contributed by atoms with Crippen LogP contribution in [0, 0.1) is 12.8 Å². The average Bonchev–Trinajstić information content (AvgIpc) is 3.18. The predicted octanol–water partition coefficient (Wildman–Crippen LogP) is 1.89. The number of rotatable bonds is 7. The van der Waals surface area contributed by atoms with Crippen LogP contribution in [0.25, 0.3) is 0 Å². The van der Waals surface area contributed by atoms with Gasteiger partial charge in [0.05, 0.1) is 24.4 Å². The van der Waals surface area contributed by atoms with E-state index in [1.165, 1.54) is 17.7 Å². The van der Waals surface area contributed by atoms with Crippen LogP contribution in [0.1, 0.15) is 23.4 Å². The van der Waals surface area contributed by atoms with Gasteiger partial charge in [-0.2, -0.15) is 0 Å². The van der Waals surface area contributed by atoms with Crippen LogP contribution in [0.3, 0.4) is 0 Å². The highest BCUT2D eigenvalue weighted by Gasteiger charge is 2.21. The summed E-state index contributed by atoms with van der Waals surface area (Å²) in [4.78, 5) is 11.9. The fourth-order valence-corrected chi connectivity index (χ4v) is 2.60. The molecule has 20 heavy (non-hydrogen) atoms. The third-order valence-corrected chi connectivity index (χ3v) is 4.38. The van der Waals surface area contributed by atoms with Crippen molar-refractivity contribution in [3.63, 3.8) is 0 Å². The first kappa shape index (κ1) is 15.3. The normalized spacial score (nSPS) is 15.4. The predicted molar refractivity (Wildman–Crippen MR) is 83.2 cm³/mol. The first-order chi connectivity index (χ1) is 9.70. The Hall–Kier alpha value is -1.14. The van der Waals surface area contributed by atoms with E-state index in [0.29, 0.717) is 0 Å². The van der Waals surface area contributed by atoms with Gasteiger partial charge >= 0.3 is 0 Å². The summed E-state index contributed by atoms with van der Waals surface area (Å²) in [6.45, 7) is 5.34. The van der Waals surface area contributed by atoms with Crippen LogP contribution in [-0.2, 0) is 11.3 Å². The molecule has 1 heterocycles. The molecule has 0 radical (unpaired) electrons. The molecular weight excluding hydrogens is 272 g/mol. The van der Waals surface area contributed by atoms with Crippen LogP contribution < -0.4 is 5.32 Å². The summed E-state index contributed by atoms with van der Waals surface area (Å²) in [7, 11) is 3.85. The minimum atomic E-state index is 0.757. The summed E-state index contributed by atoms with van der Waals surface area (Å²) in [6.07, 6.45) is 2.68. The van der Waals surface area contributed by atoms with E-state index in [1.54, 1.807) is 11.3 Å². The summed E-state index contributed by atoms with van der Waals surface area (Å²) < 4.78 is 5.66. The van der Waals surface area contributed by atoms with E-state index in [9.17, 15) is 0 Å². The van der Waals surface area contributed by atoms with Gasteiger partial charge in [0.15, 0.2) is 5.96 Å². The summed E-state index contributed by atoms with van der Waals surface area (Å²) in [6, 6.07) is 0. The van der Waals surface area contributed by atoms with Gasteiger partial charge in [-0.1, -0.05) is 0 Å². The second-order valence-corrected chi connectivity index (χ2v) is 6.14. The average molecular weight is 296 g/mol. The smallest absolute Gasteiger partial charge is 0.193 e. The first-order valence-electron chi connectivity index (χ1n) is 7.09. The van der Waals surface area contributed by atoms with Gasteiger partial charge in [-0.15, -0.1) is 11.3 Å². The zero-order valence-electron chi connectivity index (χ0n) is 12.6. The van der Waals surface area contributed by atoms with Crippen molar-refractivity contribution in [3.05, 3.63) is 16.1 Å². The molecule has 1 aliphatic carbocycles. The van der Waals surface area contributed by atoms with E-state index in [2.05, 4.69) is 20.2 Å². The summed E-state index contributed by atoms with van der Waals surface area (Å²) in [5, 5.41) is 3.37. The van der Waals surface area contributed by atoms with Crippen molar-refractivity contribution in [2.75, 3.05) is 33.9 Å². The van der Waals surface area contributed by atoms with Gasteiger partial charge in [0.2, 0.25) is 0 Å². The molecular formula is C14H24N4OS. The molecule has 1 fully saturated rings. The number of thiazole rings is 1. The number of aryl methyl sites for hydroxylation is 1. The molecule has 0 aromatic carbocycles. The Bertz CT molecular complexity index is 442. The van der Waals surface area contributed by atoms with Gasteiger partial charge in [-0.3, -0.25) is 4.99 Å². The number of hydrogen-bond donors (Lipinski definition) is 1. The number of hydrogen-bond acceptors (Lipinski definition) is 4. The quantitative estimate of drug-likeness (QED) is 0.474. The number of aromatic nitrogens is 1. The molecule has 1 saturated carbocycles. The number of nitrogens with zero attached hydrogens (tertiary/aromatic N) is 3. The number of nitrogens with one attached hydrogen (secondary N) is 1. The van der Waals surface area contributed by atoms with Crippen LogP contribution in [0.4, 0.5) is 0 Å². The number of ether oxygens (including phenoxy) is 1. The Morgan fingerprint density at radius 2 is 2.40 bits per heavy atom. The minimum absolute atomic E-state index is 0.757. The van der Waals surface area contributed by atoms with Gasteiger partial charge < -0.3 is 15.0 Å². The van der Waals surface area contributed by atoms with E-state index in [1.807, 2.05) is 26.5 Å². The molecule has 1 aromatic rings. The molecule has 0 unspecified atom stereocenters. The lowest BCUT2D eigenvalue weighted by molar-refractivity contribution is 0.115. The van der Waals surface area contributed by atoms with Gasteiger partial charge in [0, 0.05) is 32.1 Å². The van der Waals surface area contributed by atoms with Gasteiger partial charge in [-0.05, 0) is 25.7 Å². The van der Waals surface area contributed by atoms with Crippen molar-refractivity contribution in [1.29, 1.82) is 0 Å². The van der Waals surface area contributed by atoms with Crippen LogP contribution in [-0.4, -0.2) is 49.7 Å². The first-order valence-corrected chi connectivity index (χ1v) is 7.97.